The zero-order valence-corrected chi connectivity index (χ0v) is 17.9. The summed E-state index contributed by atoms with van der Waals surface area (Å²) < 4.78 is 4.74. The van der Waals surface area contributed by atoms with Gasteiger partial charge < -0.3 is 15.4 Å². The minimum absolute atomic E-state index is 0.0417. The lowest BCUT2D eigenvalue weighted by molar-refractivity contribution is -0.145. The van der Waals surface area contributed by atoms with E-state index in [1.807, 2.05) is 38.1 Å². The molecule has 6 nitrogen and oxygen atoms in total. The van der Waals surface area contributed by atoms with Crippen molar-refractivity contribution >= 4 is 17.8 Å². The Kier molecular flexibility index (Phi) is 9.16. The molecular formula is C22H34N2O4. The molecule has 1 rings (SSSR count). The van der Waals surface area contributed by atoms with E-state index in [-0.39, 0.29) is 29.6 Å². The average Bonchev–Trinajstić information content (AvgIpc) is 2.62. The first kappa shape index (κ1) is 23.7. The monoisotopic (exact) mass is 390 g/mol. The molecule has 0 saturated carbocycles. The Balaban J connectivity index is 2.41. The van der Waals surface area contributed by atoms with Crippen molar-refractivity contribution in [1.29, 1.82) is 0 Å². The molecule has 1 atom stereocenters. The van der Waals surface area contributed by atoms with Gasteiger partial charge in [0.2, 0.25) is 5.91 Å². The van der Waals surface area contributed by atoms with Crippen LogP contribution in [0.25, 0.3) is 0 Å². The molecule has 0 heterocycles. The highest BCUT2D eigenvalue weighted by molar-refractivity contribution is 5.94. The summed E-state index contributed by atoms with van der Waals surface area (Å²) in [5.41, 5.74) is 1.81. The molecule has 0 aliphatic heterocycles. The molecule has 0 bridgehead atoms. The number of nitrogens with one attached hydrogen (secondary N) is 2. The van der Waals surface area contributed by atoms with Crippen molar-refractivity contribution in [3.05, 3.63) is 35.4 Å². The van der Waals surface area contributed by atoms with Crippen LogP contribution in [-0.4, -0.2) is 37.5 Å². The maximum absolute atomic E-state index is 12.2. The number of ether oxygens (including phenoxy) is 1. The van der Waals surface area contributed by atoms with Crippen molar-refractivity contribution in [1.82, 2.24) is 10.6 Å². The van der Waals surface area contributed by atoms with Crippen molar-refractivity contribution in [2.45, 2.75) is 65.3 Å². The van der Waals surface area contributed by atoms with Crippen LogP contribution in [0.5, 0.6) is 0 Å². The zero-order valence-electron chi connectivity index (χ0n) is 17.9. The number of benzene rings is 1. The van der Waals surface area contributed by atoms with E-state index in [4.69, 9.17) is 4.74 Å². The molecule has 156 valence electrons. The molecule has 0 unspecified atom stereocenters. The van der Waals surface area contributed by atoms with Crippen LogP contribution in [0.3, 0.4) is 0 Å². The fourth-order valence-electron chi connectivity index (χ4n) is 2.77. The Morgan fingerprint density at radius 1 is 1.07 bits per heavy atom. The molecule has 2 amide bonds. The molecule has 2 N–H and O–H groups in total. The van der Waals surface area contributed by atoms with Crippen LogP contribution in [-0.2, 0) is 19.7 Å². The summed E-state index contributed by atoms with van der Waals surface area (Å²) in [5.74, 6) is -0.560. The van der Waals surface area contributed by atoms with Gasteiger partial charge in [-0.1, -0.05) is 46.8 Å². The third-order valence-corrected chi connectivity index (χ3v) is 4.41. The van der Waals surface area contributed by atoms with Crippen molar-refractivity contribution < 1.29 is 19.1 Å². The third-order valence-electron chi connectivity index (χ3n) is 4.41. The van der Waals surface area contributed by atoms with E-state index in [2.05, 4.69) is 31.4 Å². The summed E-state index contributed by atoms with van der Waals surface area (Å²) in [5, 5.41) is 5.53. The van der Waals surface area contributed by atoms with Crippen LogP contribution >= 0.6 is 0 Å². The number of esters is 1. The first-order valence-corrected chi connectivity index (χ1v) is 9.80. The van der Waals surface area contributed by atoms with E-state index in [1.54, 1.807) is 0 Å². The van der Waals surface area contributed by atoms with E-state index < -0.39 is 12.0 Å². The van der Waals surface area contributed by atoms with Crippen LogP contribution in [0.15, 0.2) is 24.3 Å². The number of amides is 2. The molecular weight excluding hydrogens is 356 g/mol. The molecule has 0 spiro atoms. The summed E-state index contributed by atoms with van der Waals surface area (Å²) in [6.07, 6.45) is 1.25. The molecule has 0 aromatic heterocycles. The van der Waals surface area contributed by atoms with Crippen LogP contribution in [0.4, 0.5) is 0 Å². The van der Waals surface area contributed by atoms with Gasteiger partial charge in [-0.25, -0.2) is 4.79 Å². The number of methoxy groups -OCH3 is 1. The first-order chi connectivity index (χ1) is 13.0. The quantitative estimate of drug-likeness (QED) is 0.501. The van der Waals surface area contributed by atoms with Crippen LogP contribution < -0.4 is 10.6 Å². The minimum atomic E-state index is -0.631. The van der Waals surface area contributed by atoms with Gasteiger partial charge in [0.15, 0.2) is 0 Å². The van der Waals surface area contributed by atoms with E-state index in [1.165, 1.54) is 12.7 Å². The Labute approximate surface area is 168 Å². The molecule has 0 aliphatic rings. The maximum atomic E-state index is 12.2. The van der Waals surface area contributed by atoms with E-state index >= 15 is 0 Å². The van der Waals surface area contributed by atoms with E-state index in [9.17, 15) is 14.4 Å². The summed E-state index contributed by atoms with van der Waals surface area (Å²) in [6.45, 7) is 10.7. The molecule has 1 aromatic carbocycles. The van der Waals surface area contributed by atoms with E-state index in [0.29, 0.717) is 24.9 Å². The average molecular weight is 391 g/mol. The second-order valence-electron chi connectivity index (χ2n) is 8.46. The van der Waals surface area contributed by atoms with Crippen LogP contribution in [0, 0.1) is 5.92 Å². The van der Waals surface area contributed by atoms with Gasteiger partial charge in [-0.3, -0.25) is 9.59 Å². The zero-order chi connectivity index (χ0) is 21.3. The van der Waals surface area contributed by atoms with Gasteiger partial charge in [-0.05, 0) is 41.9 Å². The highest BCUT2D eigenvalue weighted by atomic mass is 16.5. The Morgan fingerprint density at radius 2 is 1.68 bits per heavy atom. The largest absolute Gasteiger partial charge is 0.467 e. The normalized spacial score (nSPS) is 12.4. The Morgan fingerprint density at radius 3 is 2.18 bits per heavy atom. The number of hydrogen-bond donors (Lipinski definition) is 2. The van der Waals surface area contributed by atoms with Crippen molar-refractivity contribution in [3.63, 3.8) is 0 Å². The fraction of sp³-hybridized carbons (Fsp3) is 0.591. The summed E-state index contributed by atoms with van der Waals surface area (Å²) >= 11 is 0. The third kappa shape index (κ3) is 8.11. The van der Waals surface area contributed by atoms with Crippen molar-refractivity contribution in [3.8, 4) is 0 Å². The molecule has 1 aromatic rings. The summed E-state index contributed by atoms with van der Waals surface area (Å²) in [6, 6.07) is 6.92. The molecule has 0 radical (unpaired) electrons. The lowest BCUT2D eigenvalue weighted by atomic mass is 9.87. The topological polar surface area (TPSA) is 84.5 Å². The standard InChI is InChI=1S/C22H34N2O4/c1-15(2)14-18(21(27)28-6)24-19(25)8-7-13-23-20(26)16-9-11-17(12-10-16)22(3,4)5/h9-12,15,18H,7-8,13-14H2,1-6H3,(H,23,26)(H,24,25)/t18-/m1/s1. The minimum Gasteiger partial charge on any atom is -0.467 e. The number of carbonyl (C=O) groups excluding carboxylic acids is 3. The van der Waals surface area contributed by atoms with Gasteiger partial charge in [0.05, 0.1) is 7.11 Å². The highest BCUT2D eigenvalue weighted by Gasteiger charge is 2.22. The fourth-order valence-corrected chi connectivity index (χ4v) is 2.77. The second-order valence-corrected chi connectivity index (χ2v) is 8.46. The Hall–Kier alpha value is -2.37. The van der Waals surface area contributed by atoms with Gasteiger partial charge in [0, 0.05) is 18.5 Å². The van der Waals surface area contributed by atoms with Crippen LogP contribution in [0.1, 0.15) is 69.8 Å². The van der Waals surface area contributed by atoms with Gasteiger partial charge in [0.25, 0.3) is 5.91 Å². The van der Waals surface area contributed by atoms with Gasteiger partial charge >= 0.3 is 5.97 Å². The lowest BCUT2D eigenvalue weighted by Gasteiger charge is -2.19. The van der Waals surface area contributed by atoms with Gasteiger partial charge in [0.1, 0.15) is 6.04 Å². The Bertz CT molecular complexity index is 660. The van der Waals surface area contributed by atoms with Crippen LogP contribution in [0.2, 0.25) is 0 Å². The molecule has 6 heteroatoms. The predicted octanol–water partition coefficient (Wildman–Crippen LogP) is 3.20. The van der Waals surface area contributed by atoms with Crippen molar-refractivity contribution in [2.75, 3.05) is 13.7 Å². The lowest BCUT2D eigenvalue weighted by Crippen LogP contribution is -2.42. The second kappa shape index (κ2) is 10.8. The number of hydrogen-bond acceptors (Lipinski definition) is 4. The summed E-state index contributed by atoms with van der Waals surface area (Å²) in [7, 11) is 1.31. The molecule has 0 saturated heterocycles. The first-order valence-electron chi connectivity index (χ1n) is 9.80. The van der Waals surface area contributed by atoms with Crippen molar-refractivity contribution in [2.24, 2.45) is 5.92 Å². The predicted molar refractivity (Wildman–Crippen MR) is 110 cm³/mol. The molecule has 28 heavy (non-hydrogen) atoms. The molecule has 0 aliphatic carbocycles. The maximum Gasteiger partial charge on any atom is 0.328 e. The van der Waals surface area contributed by atoms with Gasteiger partial charge in [-0.15, -0.1) is 0 Å². The number of carbonyl (C=O) groups is 3. The summed E-state index contributed by atoms with van der Waals surface area (Å²) in [4.78, 5) is 36.0. The highest BCUT2D eigenvalue weighted by Crippen LogP contribution is 2.22. The number of rotatable bonds is 9. The van der Waals surface area contributed by atoms with Gasteiger partial charge in [-0.2, -0.15) is 0 Å². The molecule has 0 fully saturated rings. The SMILES string of the molecule is COC(=O)[C@@H](CC(C)C)NC(=O)CCCNC(=O)c1ccc(C(C)(C)C)cc1. The van der Waals surface area contributed by atoms with E-state index in [0.717, 1.165) is 0 Å². The smallest absolute Gasteiger partial charge is 0.328 e.